The standard InChI is InChI=1S/C24H21ClN4O3S/c25-18-10-8-17(9-11-18)23-26-22-12-14-28(16-21(22)24(30)27-23)15-19-5-4-13-29(19)33(31,32)20-6-2-1-3-7-20/h1-11,13H,12,14-16H2,(H,26,27,30). The van der Waals surface area contributed by atoms with Gasteiger partial charge in [-0.1, -0.05) is 29.8 Å². The van der Waals surface area contributed by atoms with E-state index < -0.39 is 10.0 Å². The second kappa shape index (κ2) is 8.62. The molecule has 1 N–H and O–H groups in total. The van der Waals surface area contributed by atoms with Crippen molar-refractivity contribution in [2.24, 2.45) is 0 Å². The second-order valence-corrected chi connectivity index (χ2v) is 10.2. The van der Waals surface area contributed by atoms with Gasteiger partial charge in [0.05, 0.1) is 16.2 Å². The molecule has 0 bridgehead atoms. The van der Waals surface area contributed by atoms with E-state index in [9.17, 15) is 13.2 Å². The van der Waals surface area contributed by atoms with Gasteiger partial charge < -0.3 is 4.98 Å². The van der Waals surface area contributed by atoms with E-state index in [1.54, 1.807) is 60.8 Å². The number of rotatable bonds is 5. The summed E-state index contributed by atoms with van der Waals surface area (Å²) in [6.07, 6.45) is 2.16. The Bertz CT molecular complexity index is 1460. The predicted molar refractivity (Wildman–Crippen MR) is 127 cm³/mol. The number of halogens is 1. The van der Waals surface area contributed by atoms with E-state index in [1.165, 1.54) is 3.97 Å². The molecule has 0 aliphatic carbocycles. The lowest BCUT2D eigenvalue weighted by molar-refractivity contribution is 0.238. The fourth-order valence-electron chi connectivity index (χ4n) is 4.05. The van der Waals surface area contributed by atoms with E-state index in [4.69, 9.17) is 11.6 Å². The van der Waals surface area contributed by atoms with Crippen LogP contribution in [0.4, 0.5) is 0 Å². The number of nitrogens with zero attached hydrogens (tertiary/aromatic N) is 3. The van der Waals surface area contributed by atoms with Crippen molar-refractivity contribution in [1.82, 2.24) is 18.8 Å². The van der Waals surface area contributed by atoms with E-state index in [1.807, 2.05) is 12.1 Å². The highest BCUT2D eigenvalue weighted by Crippen LogP contribution is 2.23. The molecule has 3 heterocycles. The van der Waals surface area contributed by atoms with Crippen LogP contribution in [-0.4, -0.2) is 33.8 Å². The van der Waals surface area contributed by atoms with Crippen molar-refractivity contribution in [2.75, 3.05) is 6.54 Å². The summed E-state index contributed by atoms with van der Waals surface area (Å²) in [6, 6.07) is 19.0. The van der Waals surface area contributed by atoms with E-state index in [2.05, 4.69) is 14.9 Å². The molecule has 0 atom stereocenters. The van der Waals surface area contributed by atoms with Crippen LogP contribution in [-0.2, 0) is 29.5 Å². The summed E-state index contributed by atoms with van der Waals surface area (Å²) in [5, 5.41) is 0.619. The van der Waals surface area contributed by atoms with Gasteiger partial charge in [-0.2, -0.15) is 0 Å². The van der Waals surface area contributed by atoms with Gasteiger partial charge in [0.25, 0.3) is 15.6 Å². The van der Waals surface area contributed by atoms with Crippen LogP contribution < -0.4 is 5.56 Å². The first-order valence-electron chi connectivity index (χ1n) is 10.5. The lowest BCUT2D eigenvalue weighted by Gasteiger charge is -2.28. The minimum atomic E-state index is -3.68. The van der Waals surface area contributed by atoms with E-state index >= 15 is 0 Å². The first-order valence-corrected chi connectivity index (χ1v) is 12.3. The van der Waals surface area contributed by atoms with Gasteiger partial charge in [-0.15, -0.1) is 0 Å². The van der Waals surface area contributed by atoms with Crippen molar-refractivity contribution in [2.45, 2.75) is 24.4 Å². The minimum absolute atomic E-state index is 0.179. The first kappa shape index (κ1) is 21.6. The number of aromatic nitrogens is 3. The quantitative estimate of drug-likeness (QED) is 0.470. The fourth-order valence-corrected chi connectivity index (χ4v) is 5.57. The maximum atomic E-state index is 13.1. The highest BCUT2D eigenvalue weighted by molar-refractivity contribution is 7.90. The normalized spacial score (nSPS) is 14.2. The van der Waals surface area contributed by atoms with Crippen LogP contribution >= 0.6 is 11.6 Å². The molecule has 9 heteroatoms. The molecule has 0 saturated carbocycles. The first-order chi connectivity index (χ1) is 15.9. The number of hydrogen-bond donors (Lipinski definition) is 1. The molecule has 1 aliphatic rings. The van der Waals surface area contributed by atoms with Crippen LogP contribution in [0.25, 0.3) is 11.4 Å². The molecular weight excluding hydrogens is 460 g/mol. The van der Waals surface area contributed by atoms with Crippen LogP contribution in [0.3, 0.4) is 0 Å². The van der Waals surface area contributed by atoms with Gasteiger partial charge in [-0.3, -0.25) is 9.69 Å². The Hall–Kier alpha value is -3.20. The Labute approximate surface area is 196 Å². The molecular formula is C24H21ClN4O3S. The number of nitrogens with one attached hydrogen (secondary N) is 1. The number of fused-ring (bicyclic) bond motifs is 1. The van der Waals surface area contributed by atoms with Gasteiger partial charge >= 0.3 is 0 Å². The van der Waals surface area contributed by atoms with Gasteiger partial charge in [-0.05, 0) is 48.5 Å². The van der Waals surface area contributed by atoms with Gasteiger partial charge in [-0.25, -0.2) is 17.4 Å². The third-order valence-electron chi connectivity index (χ3n) is 5.74. The molecule has 0 saturated heterocycles. The lowest BCUT2D eigenvalue weighted by atomic mass is 10.1. The molecule has 4 aromatic rings. The summed E-state index contributed by atoms with van der Waals surface area (Å²) in [5.74, 6) is 0.520. The Kier molecular flexibility index (Phi) is 5.65. The maximum Gasteiger partial charge on any atom is 0.267 e. The van der Waals surface area contributed by atoms with Crippen molar-refractivity contribution in [3.05, 3.63) is 105 Å². The van der Waals surface area contributed by atoms with Crippen LogP contribution in [0.5, 0.6) is 0 Å². The summed E-state index contributed by atoms with van der Waals surface area (Å²) in [7, 11) is -3.68. The zero-order valence-electron chi connectivity index (χ0n) is 17.6. The summed E-state index contributed by atoms with van der Waals surface area (Å²) >= 11 is 5.96. The molecule has 7 nitrogen and oxygen atoms in total. The molecule has 33 heavy (non-hydrogen) atoms. The summed E-state index contributed by atoms with van der Waals surface area (Å²) in [6.45, 7) is 1.46. The van der Waals surface area contributed by atoms with E-state index in [0.717, 1.165) is 11.3 Å². The predicted octanol–water partition coefficient (Wildman–Crippen LogP) is 3.69. The van der Waals surface area contributed by atoms with Crippen LogP contribution in [0, 0.1) is 0 Å². The minimum Gasteiger partial charge on any atom is -0.306 e. The molecule has 2 aromatic heterocycles. The topological polar surface area (TPSA) is 88.1 Å². The SMILES string of the molecule is O=c1[nH]c(-c2ccc(Cl)cc2)nc2c1CN(Cc1cccn1S(=O)(=O)c1ccccc1)CC2. The van der Waals surface area contributed by atoms with Crippen molar-refractivity contribution in [1.29, 1.82) is 0 Å². The molecule has 168 valence electrons. The lowest BCUT2D eigenvalue weighted by Crippen LogP contribution is -2.36. The van der Waals surface area contributed by atoms with E-state index in [-0.39, 0.29) is 10.5 Å². The maximum absolute atomic E-state index is 13.1. The molecule has 2 aromatic carbocycles. The Morgan fingerprint density at radius 3 is 2.52 bits per heavy atom. The molecule has 0 radical (unpaired) electrons. The number of aromatic amines is 1. The van der Waals surface area contributed by atoms with Crippen LogP contribution in [0.1, 0.15) is 17.0 Å². The average Bonchev–Trinajstić information content (AvgIpc) is 3.29. The van der Waals surface area contributed by atoms with Gasteiger partial charge in [0.15, 0.2) is 0 Å². The molecule has 0 unspecified atom stereocenters. The van der Waals surface area contributed by atoms with Gasteiger partial charge in [0, 0.05) is 48.5 Å². The molecule has 5 rings (SSSR count). The molecule has 0 fully saturated rings. The summed E-state index contributed by atoms with van der Waals surface area (Å²) in [4.78, 5) is 22.7. The van der Waals surface area contributed by atoms with Crippen molar-refractivity contribution < 1.29 is 8.42 Å². The zero-order chi connectivity index (χ0) is 23.0. The zero-order valence-corrected chi connectivity index (χ0v) is 19.2. The molecule has 1 aliphatic heterocycles. The van der Waals surface area contributed by atoms with Gasteiger partial charge in [0.2, 0.25) is 0 Å². The largest absolute Gasteiger partial charge is 0.306 e. The second-order valence-electron chi connectivity index (χ2n) is 7.92. The Balaban J connectivity index is 1.39. The highest BCUT2D eigenvalue weighted by atomic mass is 35.5. The third kappa shape index (κ3) is 4.25. The summed E-state index contributed by atoms with van der Waals surface area (Å²) < 4.78 is 27.5. The average molecular weight is 481 g/mol. The highest BCUT2D eigenvalue weighted by Gasteiger charge is 2.24. The van der Waals surface area contributed by atoms with Crippen LogP contribution in [0.2, 0.25) is 5.02 Å². The summed E-state index contributed by atoms with van der Waals surface area (Å²) in [5.41, 5.74) is 2.65. The molecule has 0 spiro atoms. The number of H-pyrrole nitrogens is 1. The Morgan fingerprint density at radius 1 is 1.00 bits per heavy atom. The smallest absolute Gasteiger partial charge is 0.267 e. The van der Waals surface area contributed by atoms with Crippen molar-refractivity contribution in [3.63, 3.8) is 0 Å². The van der Waals surface area contributed by atoms with Gasteiger partial charge in [0.1, 0.15) is 5.82 Å². The molecule has 0 amide bonds. The third-order valence-corrected chi connectivity index (χ3v) is 7.74. The monoisotopic (exact) mass is 480 g/mol. The fraction of sp³-hybridized carbons (Fsp3) is 0.167. The number of benzene rings is 2. The Morgan fingerprint density at radius 2 is 1.76 bits per heavy atom. The van der Waals surface area contributed by atoms with E-state index in [0.29, 0.717) is 48.2 Å². The van der Waals surface area contributed by atoms with Crippen molar-refractivity contribution >= 4 is 21.6 Å². The number of hydrogen-bond acceptors (Lipinski definition) is 5. The van der Waals surface area contributed by atoms with Crippen molar-refractivity contribution in [3.8, 4) is 11.4 Å². The van der Waals surface area contributed by atoms with Crippen LogP contribution in [0.15, 0.2) is 82.6 Å².